The maximum Gasteiger partial charge on any atom is 0.311 e. The third kappa shape index (κ3) is 6.24. The molecule has 6 heteroatoms. The molecule has 0 aliphatic rings. The lowest BCUT2D eigenvalue weighted by molar-refractivity contribution is -0.150. The number of hydrogen-bond acceptors (Lipinski definition) is 4. The quantitative estimate of drug-likeness (QED) is 0.532. The molecule has 1 unspecified atom stereocenters. The van der Waals surface area contributed by atoms with Gasteiger partial charge in [-0.25, -0.2) is 0 Å². The molecule has 0 spiro atoms. The first-order valence-electron chi connectivity index (χ1n) is 7.15. The summed E-state index contributed by atoms with van der Waals surface area (Å²) in [4.78, 5) is 23.3. The van der Waals surface area contributed by atoms with Gasteiger partial charge >= 0.3 is 11.9 Å². The van der Waals surface area contributed by atoms with Crippen LogP contribution in [0.3, 0.4) is 0 Å². The molecule has 0 bridgehead atoms. The van der Waals surface area contributed by atoms with Crippen molar-refractivity contribution in [1.29, 1.82) is 0 Å². The average Bonchev–Trinajstić information content (AvgIpc) is 2.43. The van der Waals surface area contributed by atoms with Crippen molar-refractivity contribution in [3.8, 4) is 5.75 Å². The van der Waals surface area contributed by atoms with Gasteiger partial charge in [-0.15, -0.1) is 0 Å². The van der Waals surface area contributed by atoms with Crippen LogP contribution in [-0.2, 0) is 14.3 Å². The fraction of sp³-hybridized carbons (Fsp3) is 0.500. The van der Waals surface area contributed by atoms with Gasteiger partial charge in [0.15, 0.2) is 5.75 Å². The summed E-state index contributed by atoms with van der Waals surface area (Å²) in [7, 11) is 0. The van der Waals surface area contributed by atoms with Crippen LogP contribution in [0.1, 0.15) is 40.0 Å². The Bertz CT molecular complexity index is 529. The second kappa shape index (κ2) is 9.01. The normalized spacial score (nSPS) is 12.1. The Morgan fingerprint density at radius 1 is 1.09 bits per heavy atom. The molecule has 0 aliphatic carbocycles. The first kappa shape index (κ1) is 18.8. The van der Waals surface area contributed by atoms with Crippen molar-refractivity contribution in [3.05, 3.63) is 28.2 Å². The number of ether oxygens (including phenoxy) is 2. The van der Waals surface area contributed by atoms with E-state index in [2.05, 4.69) is 0 Å². The monoisotopic (exact) mass is 346 g/mol. The van der Waals surface area contributed by atoms with Gasteiger partial charge in [0, 0.05) is 12.8 Å². The molecule has 0 fully saturated rings. The summed E-state index contributed by atoms with van der Waals surface area (Å²) in [6, 6.07) is 4.80. The zero-order valence-electron chi connectivity index (χ0n) is 12.9. The Morgan fingerprint density at radius 3 is 2.36 bits per heavy atom. The average molecular weight is 347 g/mol. The number of hydrogen-bond donors (Lipinski definition) is 0. The molecule has 0 heterocycles. The standard InChI is InChI=1S/C16H20Cl2O4/c1-10(2)11(3)21-14(19)8-5-9-15(20)22-13-7-4-6-12(17)16(13)18/h4,6-7,10-11H,5,8-9H2,1-3H3. The molecule has 0 saturated carbocycles. The maximum atomic E-state index is 11.7. The SMILES string of the molecule is CC(C)C(C)OC(=O)CCCC(=O)Oc1cccc(Cl)c1Cl. The predicted molar refractivity (Wildman–Crippen MR) is 86.3 cm³/mol. The van der Waals surface area contributed by atoms with Crippen LogP contribution in [0.5, 0.6) is 5.75 Å². The summed E-state index contributed by atoms with van der Waals surface area (Å²) in [6.07, 6.45) is 0.508. The molecular formula is C16H20Cl2O4. The summed E-state index contributed by atoms with van der Waals surface area (Å²) in [5.74, 6) is -0.294. The van der Waals surface area contributed by atoms with E-state index in [1.807, 2.05) is 20.8 Å². The first-order chi connectivity index (χ1) is 10.3. The molecule has 22 heavy (non-hydrogen) atoms. The van der Waals surface area contributed by atoms with E-state index in [4.69, 9.17) is 32.7 Å². The number of carbonyl (C=O) groups is 2. The Labute approximate surface area is 140 Å². The largest absolute Gasteiger partial charge is 0.462 e. The van der Waals surface area contributed by atoms with Crippen molar-refractivity contribution in [2.75, 3.05) is 0 Å². The molecule has 1 aromatic carbocycles. The van der Waals surface area contributed by atoms with Crippen molar-refractivity contribution in [1.82, 2.24) is 0 Å². The smallest absolute Gasteiger partial charge is 0.311 e. The van der Waals surface area contributed by atoms with E-state index in [9.17, 15) is 9.59 Å². The summed E-state index contributed by atoms with van der Waals surface area (Å²) >= 11 is 11.8. The van der Waals surface area contributed by atoms with Crippen LogP contribution in [0.15, 0.2) is 18.2 Å². The minimum Gasteiger partial charge on any atom is -0.462 e. The van der Waals surface area contributed by atoms with Crippen LogP contribution in [0.4, 0.5) is 0 Å². The van der Waals surface area contributed by atoms with Gasteiger partial charge in [-0.3, -0.25) is 9.59 Å². The van der Waals surface area contributed by atoms with Gasteiger partial charge in [0.2, 0.25) is 0 Å². The van der Waals surface area contributed by atoms with E-state index in [1.165, 1.54) is 0 Å². The van der Waals surface area contributed by atoms with Gasteiger partial charge in [-0.1, -0.05) is 43.1 Å². The van der Waals surface area contributed by atoms with Crippen molar-refractivity contribution in [3.63, 3.8) is 0 Å². The summed E-state index contributed by atoms with van der Waals surface area (Å²) < 4.78 is 10.3. The number of carbonyl (C=O) groups excluding carboxylic acids is 2. The second-order valence-corrected chi connectivity index (χ2v) is 6.10. The molecule has 0 aliphatic heterocycles. The van der Waals surface area contributed by atoms with Crippen molar-refractivity contribution >= 4 is 35.1 Å². The molecule has 1 atom stereocenters. The van der Waals surface area contributed by atoms with Crippen LogP contribution < -0.4 is 4.74 Å². The molecule has 4 nitrogen and oxygen atoms in total. The lowest BCUT2D eigenvalue weighted by Crippen LogP contribution is -2.20. The van der Waals surface area contributed by atoms with E-state index in [-0.39, 0.29) is 41.6 Å². The Kier molecular flexibility index (Phi) is 7.69. The van der Waals surface area contributed by atoms with Gasteiger partial charge in [-0.2, -0.15) is 0 Å². The van der Waals surface area contributed by atoms with E-state index in [1.54, 1.807) is 18.2 Å². The Morgan fingerprint density at radius 2 is 1.73 bits per heavy atom. The van der Waals surface area contributed by atoms with Crippen molar-refractivity contribution in [2.45, 2.75) is 46.1 Å². The second-order valence-electron chi connectivity index (χ2n) is 5.32. The highest BCUT2D eigenvalue weighted by molar-refractivity contribution is 6.43. The minimum absolute atomic E-state index is 0.105. The molecular weight excluding hydrogens is 327 g/mol. The third-order valence-electron chi connectivity index (χ3n) is 3.16. The van der Waals surface area contributed by atoms with Gasteiger partial charge in [-0.05, 0) is 31.4 Å². The lowest BCUT2D eigenvalue weighted by atomic mass is 10.1. The molecule has 1 rings (SSSR count). The molecule has 0 aromatic heterocycles. The van der Waals surface area contributed by atoms with Crippen LogP contribution in [0, 0.1) is 5.92 Å². The fourth-order valence-corrected chi connectivity index (χ4v) is 1.85. The van der Waals surface area contributed by atoms with Crippen LogP contribution >= 0.6 is 23.2 Å². The molecule has 0 saturated heterocycles. The van der Waals surface area contributed by atoms with Gasteiger partial charge in [0.05, 0.1) is 5.02 Å². The zero-order valence-corrected chi connectivity index (χ0v) is 14.4. The highest BCUT2D eigenvalue weighted by atomic mass is 35.5. The minimum atomic E-state index is -0.464. The Hall–Kier alpha value is -1.26. The van der Waals surface area contributed by atoms with Gasteiger partial charge < -0.3 is 9.47 Å². The van der Waals surface area contributed by atoms with Crippen molar-refractivity contribution in [2.24, 2.45) is 5.92 Å². The van der Waals surface area contributed by atoms with E-state index in [0.717, 1.165) is 0 Å². The number of esters is 2. The van der Waals surface area contributed by atoms with Crippen LogP contribution in [-0.4, -0.2) is 18.0 Å². The molecule has 0 amide bonds. The van der Waals surface area contributed by atoms with E-state index >= 15 is 0 Å². The molecule has 1 aromatic rings. The summed E-state index contributed by atoms with van der Waals surface area (Å²) in [5, 5.41) is 0.515. The number of rotatable bonds is 7. The predicted octanol–water partition coefficient (Wildman–Crippen LogP) is 4.66. The van der Waals surface area contributed by atoms with Crippen molar-refractivity contribution < 1.29 is 19.1 Å². The third-order valence-corrected chi connectivity index (χ3v) is 3.96. The highest BCUT2D eigenvalue weighted by Crippen LogP contribution is 2.31. The number of benzene rings is 1. The van der Waals surface area contributed by atoms with Gasteiger partial charge in [0.1, 0.15) is 11.1 Å². The maximum absolute atomic E-state index is 11.7. The highest BCUT2D eigenvalue weighted by Gasteiger charge is 2.14. The summed E-state index contributed by atoms with van der Waals surface area (Å²) in [5.41, 5.74) is 0. The zero-order chi connectivity index (χ0) is 16.7. The molecule has 0 radical (unpaired) electrons. The summed E-state index contributed by atoms with van der Waals surface area (Å²) in [6.45, 7) is 5.80. The molecule has 0 N–H and O–H groups in total. The van der Waals surface area contributed by atoms with E-state index < -0.39 is 5.97 Å². The lowest BCUT2D eigenvalue weighted by Gasteiger charge is -2.16. The van der Waals surface area contributed by atoms with Gasteiger partial charge in [0.25, 0.3) is 0 Å². The number of halogens is 2. The van der Waals surface area contributed by atoms with Crippen LogP contribution in [0.2, 0.25) is 10.0 Å². The topological polar surface area (TPSA) is 52.6 Å². The molecule has 122 valence electrons. The Balaban J connectivity index is 2.35. The van der Waals surface area contributed by atoms with Crippen LogP contribution in [0.25, 0.3) is 0 Å². The first-order valence-corrected chi connectivity index (χ1v) is 7.91. The fourth-order valence-electron chi connectivity index (χ4n) is 1.52. The van der Waals surface area contributed by atoms with E-state index in [0.29, 0.717) is 11.4 Å².